The minimum atomic E-state index is 0.0150. The summed E-state index contributed by atoms with van der Waals surface area (Å²) in [5.41, 5.74) is 0.0150. The summed E-state index contributed by atoms with van der Waals surface area (Å²) in [7, 11) is 0. The maximum Gasteiger partial charge on any atom is 0.0474 e. The van der Waals surface area contributed by atoms with Crippen LogP contribution in [0.2, 0.25) is 0 Å². The fourth-order valence-electron chi connectivity index (χ4n) is 1.05. The van der Waals surface area contributed by atoms with Crippen molar-refractivity contribution in [3.63, 3.8) is 0 Å². The Morgan fingerprint density at radius 1 is 1.80 bits per heavy atom. The van der Waals surface area contributed by atoms with Crippen molar-refractivity contribution in [3.8, 4) is 24.2 Å². The second kappa shape index (κ2) is 2.37. The molecular weight excluding hydrogens is 124 g/mol. The highest BCUT2D eigenvalue weighted by atomic mass is 16.3. The van der Waals surface area contributed by atoms with Crippen molar-refractivity contribution in [2.75, 3.05) is 6.61 Å². The van der Waals surface area contributed by atoms with Crippen molar-refractivity contribution in [3.05, 3.63) is 0 Å². The molecule has 1 aliphatic rings. The molecule has 0 saturated heterocycles. The van der Waals surface area contributed by atoms with E-state index in [0.29, 0.717) is 5.92 Å². The third-order valence-electron chi connectivity index (χ3n) is 2.05. The molecule has 0 unspecified atom stereocenters. The highest BCUT2D eigenvalue weighted by Crippen LogP contribution is 2.51. The van der Waals surface area contributed by atoms with Crippen LogP contribution in [0, 0.1) is 35.5 Å². The van der Waals surface area contributed by atoms with Gasteiger partial charge in [0.2, 0.25) is 0 Å². The molecule has 0 aliphatic heterocycles. The van der Waals surface area contributed by atoms with Crippen LogP contribution in [0.25, 0.3) is 0 Å². The molecular formula is C9H10O. The maximum atomic E-state index is 8.72. The van der Waals surface area contributed by atoms with E-state index in [0.717, 1.165) is 6.42 Å². The lowest BCUT2D eigenvalue weighted by Crippen LogP contribution is -1.96. The molecule has 52 valence electrons. The van der Waals surface area contributed by atoms with Gasteiger partial charge in [-0.25, -0.2) is 0 Å². The van der Waals surface area contributed by atoms with Crippen molar-refractivity contribution in [2.45, 2.75) is 13.3 Å². The second-order valence-corrected chi connectivity index (χ2v) is 2.90. The van der Waals surface area contributed by atoms with E-state index in [9.17, 15) is 0 Å². The molecule has 1 N–H and O–H groups in total. The minimum absolute atomic E-state index is 0.0150. The summed E-state index contributed by atoms with van der Waals surface area (Å²) in [6.07, 6.45) is 5.95. The zero-order valence-electron chi connectivity index (χ0n) is 6.02. The molecule has 1 aliphatic carbocycles. The molecule has 1 heteroatoms. The van der Waals surface area contributed by atoms with E-state index in [4.69, 9.17) is 11.5 Å². The van der Waals surface area contributed by atoms with Gasteiger partial charge in [-0.1, -0.05) is 5.92 Å². The number of terminal acetylenes is 1. The van der Waals surface area contributed by atoms with E-state index >= 15 is 0 Å². The molecule has 1 fully saturated rings. The first-order valence-corrected chi connectivity index (χ1v) is 3.31. The summed E-state index contributed by atoms with van der Waals surface area (Å²) in [5, 5.41) is 8.72. The van der Waals surface area contributed by atoms with Crippen molar-refractivity contribution < 1.29 is 5.11 Å². The van der Waals surface area contributed by atoms with Crippen LogP contribution in [0.5, 0.6) is 0 Å². The number of aliphatic hydroxyl groups excluding tert-OH is 1. The molecule has 1 rings (SSSR count). The van der Waals surface area contributed by atoms with Crippen LogP contribution in [0.1, 0.15) is 13.3 Å². The summed E-state index contributed by atoms with van der Waals surface area (Å²) >= 11 is 0. The van der Waals surface area contributed by atoms with Crippen LogP contribution in [0.3, 0.4) is 0 Å². The zero-order chi connectivity index (χ0) is 7.61. The van der Waals surface area contributed by atoms with Crippen LogP contribution in [-0.2, 0) is 0 Å². The summed E-state index contributed by atoms with van der Waals surface area (Å²) in [6.45, 7) is 2.26. The first kappa shape index (κ1) is 7.19. The molecule has 0 aromatic heterocycles. The van der Waals surface area contributed by atoms with Gasteiger partial charge in [0.1, 0.15) is 0 Å². The Hall–Kier alpha value is -0.920. The molecule has 0 spiro atoms. The van der Waals surface area contributed by atoms with E-state index < -0.39 is 0 Å². The molecule has 0 bridgehead atoms. The van der Waals surface area contributed by atoms with Gasteiger partial charge in [-0.05, 0) is 31.1 Å². The first-order valence-electron chi connectivity index (χ1n) is 3.31. The number of aliphatic hydroxyl groups is 1. The predicted octanol–water partition coefficient (Wildman–Crippen LogP) is 0.641. The predicted molar refractivity (Wildman–Crippen MR) is 39.9 cm³/mol. The van der Waals surface area contributed by atoms with Crippen LogP contribution in [-0.4, -0.2) is 11.7 Å². The topological polar surface area (TPSA) is 20.2 Å². The summed E-state index contributed by atoms with van der Waals surface area (Å²) < 4.78 is 0. The zero-order valence-corrected chi connectivity index (χ0v) is 6.02. The molecule has 1 saturated carbocycles. The van der Waals surface area contributed by atoms with Crippen molar-refractivity contribution in [2.24, 2.45) is 11.3 Å². The normalized spacial score (nSPS) is 35.5. The SMILES string of the molecule is C#CC#C[C@]1(C)C[C@H]1CO. The molecule has 1 nitrogen and oxygen atoms in total. The van der Waals surface area contributed by atoms with Gasteiger partial charge >= 0.3 is 0 Å². The monoisotopic (exact) mass is 134 g/mol. The van der Waals surface area contributed by atoms with Gasteiger partial charge in [0.25, 0.3) is 0 Å². The molecule has 0 heterocycles. The fourth-order valence-corrected chi connectivity index (χ4v) is 1.05. The highest BCUT2D eigenvalue weighted by molar-refractivity contribution is 5.30. The van der Waals surface area contributed by atoms with Gasteiger partial charge < -0.3 is 5.11 Å². The highest BCUT2D eigenvalue weighted by Gasteiger charge is 2.48. The third-order valence-corrected chi connectivity index (χ3v) is 2.05. The second-order valence-electron chi connectivity index (χ2n) is 2.90. The van der Waals surface area contributed by atoms with Gasteiger partial charge in [0.15, 0.2) is 0 Å². The number of hydrogen-bond donors (Lipinski definition) is 1. The van der Waals surface area contributed by atoms with Crippen LogP contribution in [0.4, 0.5) is 0 Å². The quantitative estimate of drug-likeness (QED) is 0.522. The summed E-state index contributed by atoms with van der Waals surface area (Å²) in [5.74, 6) is 8.14. The van der Waals surface area contributed by atoms with E-state index in [1.54, 1.807) is 0 Å². The smallest absolute Gasteiger partial charge is 0.0474 e. The lowest BCUT2D eigenvalue weighted by atomic mass is 10.1. The van der Waals surface area contributed by atoms with Gasteiger partial charge in [-0.2, -0.15) is 0 Å². The number of rotatable bonds is 1. The van der Waals surface area contributed by atoms with Crippen LogP contribution >= 0.6 is 0 Å². The van der Waals surface area contributed by atoms with Crippen LogP contribution in [0.15, 0.2) is 0 Å². The molecule has 2 atom stereocenters. The number of hydrogen-bond acceptors (Lipinski definition) is 1. The maximum absolute atomic E-state index is 8.72. The minimum Gasteiger partial charge on any atom is -0.396 e. The Kier molecular flexibility index (Phi) is 1.70. The fraction of sp³-hybridized carbons (Fsp3) is 0.556. The largest absolute Gasteiger partial charge is 0.396 e. The Bertz CT molecular complexity index is 225. The van der Waals surface area contributed by atoms with Gasteiger partial charge in [0.05, 0.1) is 0 Å². The van der Waals surface area contributed by atoms with E-state index in [1.807, 2.05) is 6.92 Å². The summed E-state index contributed by atoms with van der Waals surface area (Å²) in [6, 6.07) is 0. The third kappa shape index (κ3) is 1.15. The van der Waals surface area contributed by atoms with Crippen LogP contribution < -0.4 is 0 Å². The Labute approximate surface area is 61.4 Å². The Morgan fingerprint density at radius 2 is 2.50 bits per heavy atom. The standard InChI is InChI=1S/C9H10O/c1-3-4-5-9(2)6-8(9)7-10/h1,8,10H,6-7H2,2H3/t8-,9+/m0/s1. The molecule has 0 radical (unpaired) electrons. The van der Waals surface area contributed by atoms with E-state index in [2.05, 4.69) is 17.8 Å². The van der Waals surface area contributed by atoms with Gasteiger partial charge in [-0.15, -0.1) is 6.42 Å². The van der Waals surface area contributed by atoms with Gasteiger partial charge in [0, 0.05) is 12.0 Å². The van der Waals surface area contributed by atoms with Crippen molar-refractivity contribution in [1.82, 2.24) is 0 Å². The van der Waals surface area contributed by atoms with E-state index in [1.165, 1.54) is 0 Å². The summed E-state index contributed by atoms with van der Waals surface area (Å²) in [4.78, 5) is 0. The average molecular weight is 134 g/mol. The first-order chi connectivity index (χ1) is 4.73. The lowest BCUT2D eigenvalue weighted by Gasteiger charge is -1.95. The molecule has 0 amide bonds. The Morgan fingerprint density at radius 3 is 2.90 bits per heavy atom. The van der Waals surface area contributed by atoms with Crippen molar-refractivity contribution in [1.29, 1.82) is 0 Å². The van der Waals surface area contributed by atoms with Crippen molar-refractivity contribution >= 4 is 0 Å². The van der Waals surface area contributed by atoms with Gasteiger partial charge in [-0.3, -0.25) is 0 Å². The van der Waals surface area contributed by atoms with E-state index in [-0.39, 0.29) is 12.0 Å². The molecule has 10 heavy (non-hydrogen) atoms. The molecule has 0 aromatic carbocycles. The average Bonchev–Trinajstić information content (AvgIpc) is 2.59. The Balaban J connectivity index is 2.53. The lowest BCUT2D eigenvalue weighted by molar-refractivity contribution is 0.264. The molecule has 0 aromatic rings.